The molecule has 0 bridgehead atoms. The minimum Gasteiger partial charge on any atom is -0.354 e. The number of piperidine rings is 1. The van der Waals surface area contributed by atoms with Crippen LogP contribution in [0.25, 0.3) is 10.9 Å². The van der Waals surface area contributed by atoms with Crippen LogP contribution in [0, 0.1) is 5.82 Å². The van der Waals surface area contributed by atoms with Crippen LogP contribution >= 0.6 is 11.6 Å². The lowest BCUT2D eigenvalue weighted by atomic mass is 10.1. The number of benzene rings is 2. The molecule has 0 amide bonds. The van der Waals surface area contributed by atoms with Gasteiger partial charge in [0.1, 0.15) is 18.0 Å². The number of nitrogens with zero attached hydrogens (tertiary/aromatic N) is 3. The lowest BCUT2D eigenvalue weighted by Gasteiger charge is -2.34. The molecule has 1 unspecified atom stereocenters. The van der Waals surface area contributed by atoms with Crippen molar-refractivity contribution in [1.29, 1.82) is 0 Å². The van der Waals surface area contributed by atoms with Crippen molar-refractivity contribution in [1.82, 2.24) is 14.7 Å². The van der Waals surface area contributed by atoms with Gasteiger partial charge in [-0.1, -0.05) is 17.7 Å². The Bertz CT molecular complexity index is 1130. The zero-order chi connectivity index (χ0) is 19.7. The van der Waals surface area contributed by atoms with Crippen molar-refractivity contribution in [2.24, 2.45) is 0 Å². The van der Waals surface area contributed by atoms with Crippen molar-refractivity contribution in [3.63, 3.8) is 0 Å². The highest BCUT2D eigenvalue weighted by atomic mass is 35.5. The third-order valence-electron chi connectivity index (χ3n) is 4.73. The first-order chi connectivity index (χ1) is 13.4. The van der Waals surface area contributed by atoms with E-state index in [1.165, 1.54) is 24.5 Å². The maximum Gasteiger partial charge on any atom is 0.240 e. The summed E-state index contributed by atoms with van der Waals surface area (Å²) < 4.78 is 41.3. The lowest BCUT2D eigenvalue weighted by Crippen LogP contribution is -2.48. The van der Waals surface area contributed by atoms with E-state index in [1.807, 2.05) is 11.0 Å². The maximum absolute atomic E-state index is 13.4. The van der Waals surface area contributed by atoms with E-state index >= 15 is 0 Å². The molecule has 0 saturated carbocycles. The summed E-state index contributed by atoms with van der Waals surface area (Å²) in [6.45, 7) is 1.22. The SMILES string of the molecule is O=S(=O)(NC1CCCN(c2ncnc3cc(Cl)ccc23)C1)c1cccc(F)c1. The summed E-state index contributed by atoms with van der Waals surface area (Å²) in [5, 5.41) is 1.46. The van der Waals surface area contributed by atoms with E-state index in [4.69, 9.17) is 11.6 Å². The average Bonchev–Trinajstić information content (AvgIpc) is 2.67. The molecular formula is C19H18ClFN4O2S. The molecule has 1 saturated heterocycles. The van der Waals surface area contributed by atoms with E-state index in [0.29, 0.717) is 18.0 Å². The lowest BCUT2D eigenvalue weighted by molar-refractivity contribution is 0.464. The number of nitrogens with one attached hydrogen (secondary N) is 1. The summed E-state index contributed by atoms with van der Waals surface area (Å²) in [7, 11) is -3.80. The first-order valence-electron chi connectivity index (χ1n) is 8.85. The highest BCUT2D eigenvalue weighted by molar-refractivity contribution is 7.89. The Morgan fingerprint density at radius 2 is 2.04 bits per heavy atom. The second-order valence-electron chi connectivity index (χ2n) is 6.72. The Hall–Kier alpha value is -2.29. The molecule has 146 valence electrons. The van der Waals surface area contributed by atoms with Gasteiger partial charge in [0.25, 0.3) is 0 Å². The smallest absolute Gasteiger partial charge is 0.240 e. The molecule has 28 heavy (non-hydrogen) atoms. The van der Waals surface area contributed by atoms with Crippen molar-refractivity contribution < 1.29 is 12.8 Å². The Labute approximate surface area is 167 Å². The van der Waals surface area contributed by atoms with Gasteiger partial charge in [-0.15, -0.1) is 0 Å². The second kappa shape index (κ2) is 7.62. The minimum atomic E-state index is -3.80. The molecule has 1 N–H and O–H groups in total. The summed E-state index contributed by atoms with van der Waals surface area (Å²) in [6.07, 6.45) is 2.98. The molecule has 3 aromatic rings. The highest BCUT2D eigenvalue weighted by Gasteiger charge is 2.27. The van der Waals surface area contributed by atoms with Crippen molar-refractivity contribution in [2.45, 2.75) is 23.8 Å². The van der Waals surface area contributed by atoms with Crippen LogP contribution in [0.5, 0.6) is 0 Å². The molecule has 4 rings (SSSR count). The fourth-order valence-electron chi connectivity index (χ4n) is 3.46. The van der Waals surface area contributed by atoms with Crippen LogP contribution < -0.4 is 9.62 Å². The number of halogens is 2. The first kappa shape index (κ1) is 19.0. The molecule has 0 radical (unpaired) electrons. The quantitative estimate of drug-likeness (QED) is 0.700. The molecule has 2 aromatic carbocycles. The number of sulfonamides is 1. The number of hydrogen-bond donors (Lipinski definition) is 1. The van der Waals surface area contributed by atoms with Gasteiger partial charge in [-0.25, -0.2) is 27.5 Å². The Balaban J connectivity index is 1.57. The van der Waals surface area contributed by atoms with E-state index < -0.39 is 15.8 Å². The Morgan fingerprint density at radius 1 is 1.18 bits per heavy atom. The number of rotatable bonds is 4. The summed E-state index contributed by atoms with van der Waals surface area (Å²) in [4.78, 5) is 10.6. The topological polar surface area (TPSA) is 75.2 Å². The molecule has 6 nitrogen and oxygen atoms in total. The van der Waals surface area contributed by atoms with Gasteiger partial charge in [0.05, 0.1) is 10.4 Å². The molecule has 0 aliphatic carbocycles. The predicted octanol–water partition coefficient (Wildman–Crippen LogP) is 3.37. The van der Waals surface area contributed by atoms with Crippen LogP contribution in [-0.2, 0) is 10.0 Å². The van der Waals surface area contributed by atoms with Gasteiger partial charge in [0.15, 0.2) is 0 Å². The predicted molar refractivity (Wildman–Crippen MR) is 107 cm³/mol. The van der Waals surface area contributed by atoms with Crippen LogP contribution in [0.2, 0.25) is 5.02 Å². The van der Waals surface area contributed by atoms with E-state index in [9.17, 15) is 12.8 Å². The van der Waals surface area contributed by atoms with Crippen molar-refractivity contribution in [3.8, 4) is 0 Å². The van der Waals surface area contributed by atoms with Crippen LogP contribution in [0.4, 0.5) is 10.2 Å². The fourth-order valence-corrected chi connectivity index (χ4v) is 4.91. The fraction of sp³-hybridized carbons (Fsp3) is 0.263. The third-order valence-corrected chi connectivity index (χ3v) is 6.48. The molecule has 1 aliphatic rings. The van der Waals surface area contributed by atoms with Crippen LogP contribution in [0.1, 0.15) is 12.8 Å². The van der Waals surface area contributed by atoms with E-state index in [-0.39, 0.29) is 10.9 Å². The van der Waals surface area contributed by atoms with Gasteiger partial charge in [0.2, 0.25) is 10.0 Å². The zero-order valence-electron chi connectivity index (χ0n) is 14.8. The second-order valence-corrected chi connectivity index (χ2v) is 8.87. The van der Waals surface area contributed by atoms with Gasteiger partial charge in [0, 0.05) is 29.5 Å². The van der Waals surface area contributed by atoms with Crippen LogP contribution in [0.15, 0.2) is 53.7 Å². The summed E-state index contributed by atoms with van der Waals surface area (Å²) in [5.41, 5.74) is 0.736. The molecule has 2 heterocycles. The first-order valence-corrected chi connectivity index (χ1v) is 10.7. The largest absolute Gasteiger partial charge is 0.354 e. The van der Waals surface area contributed by atoms with Crippen molar-refractivity contribution in [2.75, 3.05) is 18.0 Å². The van der Waals surface area contributed by atoms with Crippen molar-refractivity contribution >= 4 is 38.3 Å². The summed E-state index contributed by atoms with van der Waals surface area (Å²) in [5.74, 6) is 0.163. The van der Waals surface area contributed by atoms with Gasteiger partial charge in [-0.3, -0.25) is 0 Å². The Morgan fingerprint density at radius 3 is 2.86 bits per heavy atom. The minimum absolute atomic E-state index is 0.0771. The molecule has 1 atom stereocenters. The van der Waals surface area contributed by atoms with E-state index in [2.05, 4.69) is 14.7 Å². The summed E-state index contributed by atoms with van der Waals surface area (Å²) >= 11 is 6.04. The van der Waals surface area contributed by atoms with Gasteiger partial charge >= 0.3 is 0 Å². The normalized spacial score (nSPS) is 17.8. The third kappa shape index (κ3) is 3.94. The van der Waals surface area contributed by atoms with Gasteiger partial charge < -0.3 is 4.90 Å². The molecular weight excluding hydrogens is 403 g/mol. The van der Waals surface area contributed by atoms with E-state index in [0.717, 1.165) is 35.8 Å². The van der Waals surface area contributed by atoms with Crippen molar-refractivity contribution in [3.05, 3.63) is 59.6 Å². The number of anilines is 1. The van der Waals surface area contributed by atoms with Crippen LogP contribution in [0.3, 0.4) is 0 Å². The Kier molecular flexibility index (Phi) is 5.18. The monoisotopic (exact) mass is 420 g/mol. The average molecular weight is 421 g/mol. The highest BCUT2D eigenvalue weighted by Crippen LogP contribution is 2.28. The van der Waals surface area contributed by atoms with Crippen LogP contribution in [-0.4, -0.2) is 37.5 Å². The van der Waals surface area contributed by atoms with E-state index in [1.54, 1.807) is 12.1 Å². The number of fused-ring (bicyclic) bond motifs is 1. The molecule has 1 aromatic heterocycles. The maximum atomic E-state index is 13.4. The van der Waals surface area contributed by atoms with Gasteiger partial charge in [-0.05, 0) is 49.2 Å². The molecule has 1 fully saturated rings. The standard InChI is InChI=1S/C19H18ClFN4O2S/c20-13-6-7-17-18(9-13)22-12-23-19(17)25-8-2-4-15(11-25)24-28(26,27)16-5-1-3-14(21)10-16/h1,3,5-7,9-10,12,15,24H,2,4,8,11H2. The molecule has 0 spiro atoms. The van der Waals surface area contributed by atoms with Gasteiger partial charge in [-0.2, -0.15) is 0 Å². The molecule has 1 aliphatic heterocycles. The molecule has 9 heteroatoms. The zero-order valence-corrected chi connectivity index (χ0v) is 16.4. The summed E-state index contributed by atoms with van der Waals surface area (Å²) in [6, 6.07) is 10.1. The number of hydrogen-bond acceptors (Lipinski definition) is 5. The number of aromatic nitrogens is 2.